The lowest BCUT2D eigenvalue weighted by Crippen LogP contribution is -2.41. The summed E-state index contributed by atoms with van der Waals surface area (Å²) in [5.41, 5.74) is 6.18. The van der Waals surface area contributed by atoms with Gasteiger partial charge in [0.25, 0.3) is 11.5 Å². The molecule has 0 atom stereocenters. The zero-order valence-electron chi connectivity index (χ0n) is 21.0. The predicted octanol–water partition coefficient (Wildman–Crippen LogP) is 3.35. The summed E-state index contributed by atoms with van der Waals surface area (Å²) in [4.78, 5) is 46.6. The number of anilines is 2. The SMILES string of the molecule is CCCCN(C(=O)c1ccc(OC)c(OCc2ccncc2)c1)c1c(N)n(CCCC)c(=O)[nH]c1=O. The van der Waals surface area contributed by atoms with Crippen LogP contribution in [0.3, 0.4) is 0 Å². The molecule has 0 radical (unpaired) electrons. The van der Waals surface area contributed by atoms with Gasteiger partial charge in [-0.25, -0.2) is 4.79 Å². The topological polar surface area (TPSA) is 133 Å². The average molecular weight is 496 g/mol. The molecule has 3 aromatic rings. The first kappa shape index (κ1) is 26.5. The molecular weight excluding hydrogens is 462 g/mol. The quantitative estimate of drug-likeness (QED) is 0.394. The fourth-order valence-electron chi connectivity index (χ4n) is 3.73. The van der Waals surface area contributed by atoms with Gasteiger partial charge in [0, 0.05) is 31.0 Å². The summed E-state index contributed by atoms with van der Waals surface area (Å²) < 4.78 is 12.7. The van der Waals surface area contributed by atoms with Crippen LogP contribution < -0.4 is 31.4 Å². The number of benzene rings is 1. The van der Waals surface area contributed by atoms with E-state index in [0.29, 0.717) is 36.4 Å². The Morgan fingerprint density at radius 1 is 1.08 bits per heavy atom. The van der Waals surface area contributed by atoms with E-state index in [1.54, 1.807) is 30.6 Å². The molecule has 10 heteroatoms. The van der Waals surface area contributed by atoms with Crippen LogP contribution in [0.25, 0.3) is 0 Å². The summed E-state index contributed by atoms with van der Waals surface area (Å²) in [5, 5.41) is 0. The highest BCUT2D eigenvalue weighted by atomic mass is 16.5. The van der Waals surface area contributed by atoms with Crippen molar-refractivity contribution in [2.75, 3.05) is 24.3 Å². The molecule has 3 N–H and O–H groups in total. The van der Waals surface area contributed by atoms with E-state index in [1.807, 2.05) is 26.0 Å². The highest BCUT2D eigenvalue weighted by Gasteiger charge is 2.26. The Morgan fingerprint density at radius 2 is 1.81 bits per heavy atom. The third kappa shape index (κ3) is 6.12. The summed E-state index contributed by atoms with van der Waals surface area (Å²) in [6.45, 7) is 4.83. The number of hydrogen-bond acceptors (Lipinski definition) is 7. The fraction of sp³-hybridized carbons (Fsp3) is 0.385. The van der Waals surface area contributed by atoms with Crippen molar-refractivity contribution < 1.29 is 14.3 Å². The van der Waals surface area contributed by atoms with Crippen molar-refractivity contribution in [1.82, 2.24) is 14.5 Å². The Bertz CT molecular complexity index is 1290. The molecule has 0 aliphatic rings. The second-order valence-corrected chi connectivity index (χ2v) is 8.32. The van der Waals surface area contributed by atoms with Gasteiger partial charge in [0.2, 0.25) is 0 Å². The van der Waals surface area contributed by atoms with Crippen molar-refractivity contribution in [1.29, 1.82) is 0 Å². The number of nitrogen functional groups attached to an aromatic ring is 1. The van der Waals surface area contributed by atoms with Gasteiger partial charge in [-0.05, 0) is 48.7 Å². The number of nitrogens with two attached hydrogens (primary N) is 1. The first-order chi connectivity index (χ1) is 17.4. The van der Waals surface area contributed by atoms with Crippen molar-refractivity contribution in [3.63, 3.8) is 0 Å². The van der Waals surface area contributed by atoms with Gasteiger partial charge in [-0.3, -0.25) is 24.1 Å². The zero-order valence-corrected chi connectivity index (χ0v) is 21.0. The molecule has 10 nitrogen and oxygen atoms in total. The molecule has 0 aliphatic heterocycles. The molecule has 0 fully saturated rings. The highest BCUT2D eigenvalue weighted by molar-refractivity contribution is 6.07. The predicted molar refractivity (Wildman–Crippen MR) is 139 cm³/mol. The van der Waals surface area contributed by atoms with Gasteiger partial charge in [0.15, 0.2) is 17.2 Å². The molecule has 1 amide bonds. The van der Waals surface area contributed by atoms with Crippen molar-refractivity contribution >= 4 is 17.4 Å². The number of unbranched alkanes of at least 4 members (excludes halogenated alkanes) is 2. The van der Waals surface area contributed by atoms with Crippen LogP contribution in [-0.4, -0.2) is 34.1 Å². The Hall–Kier alpha value is -4.08. The number of aromatic amines is 1. The number of methoxy groups -OCH3 is 1. The van der Waals surface area contributed by atoms with Crippen LogP contribution in [0.1, 0.15) is 55.5 Å². The first-order valence-corrected chi connectivity index (χ1v) is 12.0. The minimum Gasteiger partial charge on any atom is -0.493 e. The molecule has 2 heterocycles. The lowest BCUT2D eigenvalue weighted by Gasteiger charge is -2.25. The third-order valence-electron chi connectivity index (χ3n) is 5.75. The van der Waals surface area contributed by atoms with Gasteiger partial charge in [-0.15, -0.1) is 0 Å². The maximum absolute atomic E-state index is 13.7. The van der Waals surface area contributed by atoms with Gasteiger partial charge in [0.05, 0.1) is 7.11 Å². The van der Waals surface area contributed by atoms with Crippen LogP contribution >= 0.6 is 0 Å². The minimum atomic E-state index is -0.697. The van der Waals surface area contributed by atoms with Gasteiger partial charge >= 0.3 is 5.69 Å². The molecule has 2 aromatic heterocycles. The van der Waals surface area contributed by atoms with E-state index < -0.39 is 17.2 Å². The van der Waals surface area contributed by atoms with Crippen molar-refractivity contribution in [3.8, 4) is 11.5 Å². The number of carbonyl (C=O) groups excluding carboxylic acids is 1. The van der Waals surface area contributed by atoms with E-state index in [9.17, 15) is 14.4 Å². The van der Waals surface area contributed by atoms with Crippen LogP contribution in [-0.2, 0) is 13.2 Å². The molecule has 1 aromatic carbocycles. The number of amides is 1. The Morgan fingerprint density at radius 3 is 2.47 bits per heavy atom. The maximum Gasteiger partial charge on any atom is 0.330 e. The fourth-order valence-corrected chi connectivity index (χ4v) is 3.73. The van der Waals surface area contributed by atoms with E-state index in [-0.39, 0.29) is 24.7 Å². The lowest BCUT2D eigenvalue weighted by atomic mass is 10.1. The minimum absolute atomic E-state index is 0.0238. The third-order valence-corrected chi connectivity index (χ3v) is 5.75. The molecule has 36 heavy (non-hydrogen) atoms. The number of aromatic nitrogens is 3. The lowest BCUT2D eigenvalue weighted by molar-refractivity contribution is 0.0985. The van der Waals surface area contributed by atoms with Crippen LogP contribution in [0.5, 0.6) is 11.5 Å². The number of ether oxygens (including phenoxy) is 2. The van der Waals surface area contributed by atoms with Gasteiger partial charge in [-0.1, -0.05) is 26.7 Å². The number of nitrogens with zero attached hydrogens (tertiary/aromatic N) is 3. The number of carbonyl (C=O) groups is 1. The Labute approximate surface area is 209 Å². The van der Waals surface area contributed by atoms with E-state index in [2.05, 4.69) is 9.97 Å². The van der Waals surface area contributed by atoms with Crippen molar-refractivity contribution in [2.24, 2.45) is 0 Å². The largest absolute Gasteiger partial charge is 0.493 e. The molecule has 0 unspecified atom stereocenters. The van der Waals surface area contributed by atoms with E-state index in [0.717, 1.165) is 18.4 Å². The Balaban J connectivity index is 2.00. The summed E-state index contributed by atoms with van der Waals surface area (Å²) in [5.74, 6) is 0.388. The van der Waals surface area contributed by atoms with Gasteiger partial charge < -0.3 is 20.1 Å². The summed E-state index contributed by atoms with van der Waals surface area (Å²) >= 11 is 0. The van der Waals surface area contributed by atoms with E-state index in [4.69, 9.17) is 15.2 Å². The summed E-state index contributed by atoms with van der Waals surface area (Å²) in [6.07, 6.45) is 6.31. The van der Waals surface area contributed by atoms with Crippen molar-refractivity contribution in [2.45, 2.75) is 52.7 Å². The summed E-state index contributed by atoms with van der Waals surface area (Å²) in [6, 6.07) is 8.49. The molecule has 3 rings (SSSR count). The highest BCUT2D eigenvalue weighted by Crippen LogP contribution is 2.30. The first-order valence-electron chi connectivity index (χ1n) is 12.0. The smallest absolute Gasteiger partial charge is 0.330 e. The molecule has 0 aliphatic carbocycles. The summed E-state index contributed by atoms with van der Waals surface area (Å²) in [7, 11) is 1.52. The van der Waals surface area contributed by atoms with E-state index >= 15 is 0 Å². The molecular formula is C26H33N5O5. The number of hydrogen-bond donors (Lipinski definition) is 2. The van der Waals surface area contributed by atoms with Crippen molar-refractivity contribution in [3.05, 3.63) is 74.7 Å². The van der Waals surface area contributed by atoms with Crippen LogP contribution in [0.2, 0.25) is 0 Å². The normalized spacial score (nSPS) is 10.8. The van der Waals surface area contributed by atoms with Gasteiger partial charge in [0.1, 0.15) is 12.4 Å². The van der Waals surface area contributed by atoms with Crippen LogP contribution in [0, 0.1) is 0 Å². The molecule has 0 spiro atoms. The second-order valence-electron chi connectivity index (χ2n) is 8.32. The molecule has 192 valence electrons. The molecule has 0 bridgehead atoms. The standard InChI is InChI=1S/C26H33N5O5/c1-4-6-14-30(22-23(27)31(15-7-5-2)26(34)29-24(22)32)25(33)19-8-9-20(35-3)21(16-19)36-17-18-10-12-28-13-11-18/h8-13,16H,4-7,14-15,17,27H2,1-3H3,(H,29,32,34). The Kier molecular flexibility index (Phi) is 9.26. The van der Waals surface area contributed by atoms with Gasteiger partial charge in [-0.2, -0.15) is 0 Å². The maximum atomic E-state index is 13.7. The average Bonchev–Trinajstić information content (AvgIpc) is 2.89. The van der Waals surface area contributed by atoms with E-state index in [1.165, 1.54) is 16.6 Å². The number of H-pyrrole nitrogens is 1. The molecule has 0 saturated carbocycles. The van der Waals surface area contributed by atoms with Crippen LogP contribution in [0.15, 0.2) is 52.3 Å². The van der Waals surface area contributed by atoms with Crippen LogP contribution in [0.4, 0.5) is 11.5 Å². The monoisotopic (exact) mass is 495 g/mol. The zero-order chi connectivity index (χ0) is 26.1. The second kappa shape index (κ2) is 12.6. The molecule has 0 saturated heterocycles. The number of pyridine rings is 1. The number of rotatable bonds is 12. The number of nitrogens with one attached hydrogen (secondary N) is 1.